The molecule has 0 aliphatic heterocycles. The van der Waals surface area contributed by atoms with E-state index in [-0.39, 0.29) is 18.2 Å². The van der Waals surface area contributed by atoms with E-state index in [0.717, 1.165) is 5.56 Å². The molecule has 0 aliphatic carbocycles. The van der Waals surface area contributed by atoms with Crippen LogP contribution in [0.1, 0.15) is 5.56 Å². The lowest BCUT2D eigenvalue weighted by Gasteiger charge is -2.03. The Bertz CT molecular complexity index is 567. The number of nitrogen functional groups attached to an aromatic ring is 1. The van der Waals surface area contributed by atoms with Crippen LogP contribution in [-0.4, -0.2) is 33.7 Å². The summed E-state index contributed by atoms with van der Waals surface area (Å²) < 4.78 is 24.4. The van der Waals surface area contributed by atoms with Crippen molar-refractivity contribution in [1.29, 1.82) is 0 Å². The van der Waals surface area contributed by atoms with E-state index < -0.39 is 10.0 Å². The fourth-order valence-corrected chi connectivity index (χ4v) is 1.88. The molecule has 0 spiro atoms. The van der Waals surface area contributed by atoms with Crippen molar-refractivity contribution in [2.24, 2.45) is 0 Å². The monoisotopic (exact) mass is 283 g/mol. The van der Waals surface area contributed by atoms with Crippen LogP contribution in [0.4, 0.5) is 5.69 Å². The Labute approximate surface area is 112 Å². The third-order valence-electron chi connectivity index (χ3n) is 2.32. The molecule has 1 amide bonds. The Morgan fingerprint density at radius 3 is 2.79 bits per heavy atom. The van der Waals surface area contributed by atoms with Gasteiger partial charge in [0.05, 0.1) is 5.75 Å². The maximum absolute atomic E-state index is 11.4. The molecule has 104 valence electrons. The normalized spacial score (nSPS) is 11.6. The van der Waals surface area contributed by atoms with Crippen molar-refractivity contribution < 1.29 is 13.2 Å². The van der Waals surface area contributed by atoms with Gasteiger partial charge in [0.15, 0.2) is 0 Å². The summed E-state index contributed by atoms with van der Waals surface area (Å²) in [4.78, 5) is 11.4. The summed E-state index contributed by atoms with van der Waals surface area (Å²) in [6.07, 6.45) is 2.94. The van der Waals surface area contributed by atoms with E-state index in [1.54, 1.807) is 24.3 Å². The number of nitrogens with one attached hydrogen (secondary N) is 2. The van der Waals surface area contributed by atoms with Gasteiger partial charge in [-0.2, -0.15) is 0 Å². The minimum absolute atomic E-state index is 0.0588. The van der Waals surface area contributed by atoms with Gasteiger partial charge < -0.3 is 11.1 Å². The summed E-state index contributed by atoms with van der Waals surface area (Å²) >= 11 is 0. The summed E-state index contributed by atoms with van der Waals surface area (Å²) in [7, 11) is -1.96. The van der Waals surface area contributed by atoms with Gasteiger partial charge in [0.1, 0.15) is 0 Å². The molecule has 1 aromatic carbocycles. The Morgan fingerprint density at radius 2 is 2.16 bits per heavy atom. The molecule has 0 heterocycles. The Morgan fingerprint density at radius 1 is 1.42 bits per heavy atom. The van der Waals surface area contributed by atoms with E-state index in [0.29, 0.717) is 5.69 Å². The Kier molecular flexibility index (Phi) is 5.53. The fraction of sp³-hybridized carbons (Fsp3) is 0.250. The van der Waals surface area contributed by atoms with Crippen LogP contribution in [0.2, 0.25) is 0 Å². The molecule has 0 atom stereocenters. The molecule has 7 heteroatoms. The van der Waals surface area contributed by atoms with Crippen LogP contribution >= 0.6 is 0 Å². The zero-order valence-corrected chi connectivity index (χ0v) is 11.4. The maximum atomic E-state index is 11.4. The number of amides is 1. The third-order valence-corrected chi connectivity index (χ3v) is 3.68. The van der Waals surface area contributed by atoms with Gasteiger partial charge in [-0.3, -0.25) is 4.79 Å². The van der Waals surface area contributed by atoms with E-state index in [2.05, 4.69) is 10.0 Å². The van der Waals surface area contributed by atoms with Crippen molar-refractivity contribution in [3.63, 3.8) is 0 Å². The largest absolute Gasteiger partial charge is 0.399 e. The quantitative estimate of drug-likeness (QED) is 0.503. The number of hydrogen-bond acceptors (Lipinski definition) is 4. The number of sulfonamides is 1. The molecule has 0 unspecified atom stereocenters. The predicted octanol–water partition coefficient (Wildman–Crippen LogP) is -0.0526. The van der Waals surface area contributed by atoms with Crippen molar-refractivity contribution in [2.45, 2.75) is 0 Å². The molecule has 0 fully saturated rings. The van der Waals surface area contributed by atoms with Crippen LogP contribution in [0.25, 0.3) is 6.08 Å². The highest BCUT2D eigenvalue weighted by Crippen LogP contribution is 2.07. The maximum Gasteiger partial charge on any atom is 0.244 e. The third kappa shape index (κ3) is 6.03. The van der Waals surface area contributed by atoms with Crippen LogP contribution < -0.4 is 15.8 Å². The first-order valence-electron chi connectivity index (χ1n) is 5.65. The molecular formula is C12H17N3O3S. The van der Waals surface area contributed by atoms with Crippen LogP contribution in [0.3, 0.4) is 0 Å². The number of nitrogens with two attached hydrogens (primary N) is 1. The van der Waals surface area contributed by atoms with E-state index >= 15 is 0 Å². The van der Waals surface area contributed by atoms with Gasteiger partial charge in [-0.1, -0.05) is 12.1 Å². The predicted molar refractivity (Wildman–Crippen MR) is 75.7 cm³/mol. The van der Waals surface area contributed by atoms with Gasteiger partial charge in [0, 0.05) is 18.3 Å². The summed E-state index contributed by atoms with van der Waals surface area (Å²) in [5.41, 5.74) is 7.02. The number of hydrogen-bond donors (Lipinski definition) is 3. The van der Waals surface area contributed by atoms with Crippen LogP contribution in [-0.2, 0) is 14.8 Å². The standard InChI is InChI=1S/C12H17N3O3S/c1-14-19(17,18)8-7-15-12(16)6-5-10-3-2-4-11(13)9-10/h2-6,9,14H,7-8,13H2,1H3,(H,15,16)/b6-5+. The fourth-order valence-electron chi connectivity index (χ4n) is 1.30. The lowest BCUT2D eigenvalue weighted by molar-refractivity contribution is -0.116. The number of carbonyl (C=O) groups is 1. The summed E-state index contributed by atoms with van der Waals surface area (Å²) in [5.74, 6) is -0.504. The molecule has 19 heavy (non-hydrogen) atoms. The molecule has 1 rings (SSSR count). The summed E-state index contributed by atoms with van der Waals surface area (Å²) in [6.45, 7) is 0.0588. The van der Waals surface area contributed by atoms with E-state index in [4.69, 9.17) is 5.73 Å². The van der Waals surface area contributed by atoms with Crippen LogP contribution in [0.15, 0.2) is 30.3 Å². The minimum atomic E-state index is -3.29. The Balaban J connectivity index is 2.44. The van der Waals surface area contributed by atoms with Crippen molar-refractivity contribution in [3.05, 3.63) is 35.9 Å². The second kappa shape index (κ2) is 6.91. The number of rotatable bonds is 6. The molecule has 0 aromatic heterocycles. The van der Waals surface area contributed by atoms with Crippen molar-refractivity contribution in [1.82, 2.24) is 10.0 Å². The molecule has 0 saturated heterocycles. The topological polar surface area (TPSA) is 101 Å². The van der Waals surface area contributed by atoms with Gasteiger partial charge >= 0.3 is 0 Å². The molecule has 4 N–H and O–H groups in total. The molecule has 0 radical (unpaired) electrons. The average Bonchev–Trinajstić information content (AvgIpc) is 2.36. The van der Waals surface area contributed by atoms with Crippen molar-refractivity contribution in [3.8, 4) is 0 Å². The zero-order chi connectivity index (χ0) is 14.3. The van der Waals surface area contributed by atoms with Gasteiger partial charge in [0.2, 0.25) is 15.9 Å². The van der Waals surface area contributed by atoms with Crippen molar-refractivity contribution >= 4 is 27.7 Å². The minimum Gasteiger partial charge on any atom is -0.399 e. The molecular weight excluding hydrogens is 266 g/mol. The van der Waals surface area contributed by atoms with Crippen LogP contribution in [0.5, 0.6) is 0 Å². The lowest BCUT2D eigenvalue weighted by Crippen LogP contribution is -2.32. The second-order valence-corrected chi connectivity index (χ2v) is 5.86. The van der Waals surface area contributed by atoms with E-state index in [9.17, 15) is 13.2 Å². The van der Waals surface area contributed by atoms with Gasteiger partial charge in [-0.15, -0.1) is 0 Å². The highest BCUT2D eigenvalue weighted by atomic mass is 32.2. The highest BCUT2D eigenvalue weighted by Gasteiger charge is 2.06. The molecule has 6 nitrogen and oxygen atoms in total. The van der Waals surface area contributed by atoms with Gasteiger partial charge in [0.25, 0.3) is 0 Å². The van der Waals surface area contributed by atoms with E-state index in [1.807, 2.05) is 6.07 Å². The molecule has 0 saturated carbocycles. The van der Waals surface area contributed by atoms with E-state index in [1.165, 1.54) is 13.1 Å². The summed E-state index contributed by atoms with van der Waals surface area (Å²) in [6, 6.07) is 7.08. The number of carbonyl (C=O) groups excluding carboxylic acids is 1. The molecule has 1 aromatic rings. The SMILES string of the molecule is CNS(=O)(=O)CCNC(=O)/C=C/c1cccc(N)c1. The first kappa shape index (κ1) is 15.2. The smallest absolute Gasteiger partial charge is 0.244 e. The summed E-state index contributed by atoms with van der Waals surface area (Å²) in [5, 5.41) is 2.48. The lowest BCUT2D eigenvalue weighted by atomic mass is 10.2. The Hall–Kier alpha value is -1.86. The van der Waals surface area contributed by atoms with Crippen molar-refractivity contribution in [2.75, 3.05) is 25.1 Å². The molecule has 0 bridgehead atoms. The molecule has 0 aliphatic rings. The first-order chi connectivity index (χ1) is 8.93. The number of benzene rings is 1. The second-order valence-electron chi connectivity index (χ2n) is 3.82. The van der Waals surface area contributed by atoms with Crippen LogP contribution in [0, 0.1) is 0 Å². The first-order valence-corrected chi connectivity index (χ1v) is 7.31. The van der Waals surface area contributed by atoms with Gasteiger partial charge in [-0.05, 0) is 30.8 Å². The van der Waals surface area contributed by atoms with Gasteiger partial charge in [-0.25, -0.2) is 13.1 Å². The zero-order valence-electron chi connectivity index (χ0n) is 10.6. The highest BCUT2D eigenvalue weighted by molar-refractivity contribution is 7.89. The number of anilines is 1. The average molecular weight is 283 g/mol.